The van der Waals surface area contributed by atoms with Crippen molar-refractivity contribution in [2.24, 2.45) is 0 Å². The molecule has 2 aromatic carbocycles. The Bertz CT molecular complexity index is 740. The summed E-state index contributed by atoms with van der Waals surface area (Å²) in [6, 6.07) is 14.6. The minimum atomic E-state index is -1.01. The summed E-state index contributed by atoms with van der Waals surface area (Å²) in [5.74, 6) is -1.27. The third-order valence-electron chi connectivity index (χ3n) is 4.44. The van der Waals surface area contributed by atoms with Crippen LogP contribution in [-0.2, 0) is 35.3 Å². The van der Waals surface area contributed by atoms with Crippen LogP contribution in [0.15, 0.2) is 48.5 Å². The van der Waals surface area contributed by atoms with Crippen LogP contribution in [0.3, 0.4) is 0 Å². The maximum Gasteiger partial charge on any atom is 0.326 e. The molecule has 0 unspecified atom stereocenters. The average molecular weight is 323 g/mol. The van der Waals surface area contributed by atoms with Gasteiger partial charge in [-0.05, 0) is 41.5 Å². The van der Waals surface area contributed by atoms with E-state index in [4.69, 9.17) is 0 Å². The summed E-state index contributed by atoms with van der Waals surface area (Å²) in [4.78, 5) is 23.7. The molecule has 2 aromatic rings. The van der Waals surface area contributed by atoms with Crippen molar-refractivity contribution in [3.8, 4) is 0 Å². The number of carbonyl (C=O) groups excluding carboxylic acids is 1. The minimum absolute atomic E-state index is 0.214. The van der Waals surface area contributed by atoms with Crippen LogP contribution in [0.25, 0.3) is 0 Å². The maximum absolute atomic E-state index is 12.2. The molecule has 3 rings (SSSR count). The molecular weight excluding hydrogens is 302 g/mol. The SMILES string of the molecule is O=C(Cc1ccc2c(c1)CCC2)N[C@@H](Cc1ccccc1)C(=O)O. The van der Waals surface area contributed by atoms with E-state index in [0.29, 0.717) is 0 Å². The van der Waals surface area contributed by atoms with Gasteiger partial charge in [-0.15, -0.1) is 0 Å². The quantitative estimate of drug-likeness (QED) is 0.858. The van der Waals surface area contributed by atoms with E-state index >= 15 is 0 Å². The highest BCUT2D eigenvalue weighted by atomic mass is 16.4. The van der Waals surface area contributed by atoms with E-state index in [2.05, 4.69) is 17.4 Å². The molecule has 1 atom stereocenters. The number of hydrogen-bond donors (Lipinski definition) is 2. The number of carboxylic acid groups (broad SMARTS) is 1. The topological polar surface area (TPSA) is 66.4 Å². The molecule has 2 N–H and O–H groups in total. The van der Waals surface area contributed by atoms with Gasteiger partial charge in [0.15, 0.2) is 0 Å². The second-order valence-corrected chi connectivity index (χ2v) is 6.28. The zero-order valence-electron chi connectivity index (χ0n) is 13.5. The molecule has 0 saturated heterocycles. The largest absolute Gasteiger partial charge is 0.480 e. The molecule has 24 heavy (non-hydrogen) atoms. The van der Waals surface area contributed by atoms with Crippen LogP contribution in [-0.4, -0.2) is 23.0 Å². The number of benzene rings is 2. The smallest absolute Gasteiger partial charge is 0.326 e. The lowest BCUT2D eigenvalue weighted by Gasteiger charge is -2.15. The summed E-state index contributed by atoms with van der Waals surface area (Å²) in [5, 5.41) is 12.0. The maximum atomic E-state index is 12.2. The van der Waals surface area contributed by atoms with Gasteiger partial charge in [0.2, 0.25) is 5.91 Å². The molecule has 0 bridgehead atoms. The fourth-order valence-electron chi connectivity index (χ4n) is 3.22. The Balaban J connectivity index is 1.62. The van der Waals surface area contributed by atoms with E-state index in [9.17, 15) is 14.7 Å². The van der Waals surface area contributed by atoms with E-state index in [0.717, 1.165) is 24.0 Å². The van der Waals surface area contributed by atoms with Crippen molar-refractivity contribution in [3.63, 3.8) is 0 Å². The Hall–Kier alpha value is -2.62. The van der Waals surface area contributed by atoms with Gasteiger partial charge in [0, 0.05) is 6.42 Å². The van der Waals surface area contributed by atoms with Crippen molar-refractivity contribution in [3.05, 3.63) is 70.8 Å². The Morgan fingerprint density at radius 3 is 2.50 bits per heavy atom. The number of rotatable bonds is 6. The van der Waals surface area contributed by atoms with Crippen LogP contribution in [0, 0.1) is 0 Å². The lowest BCUT2D eigenvalue weighted by atomic mass is 10.0. The van der Waals surface area contributed by atoms with Gasteiger partial charge in [0.25, 0.3) is 0 Å². The fourth-order valence-corrected chi connectivity index (χ4v) is 3.22. The Kier molecular flexibility index (Phi) is 4.94. The van der Waals surface area contributed by atoms with Crippen molar-refractivity contribution < 1.29 is 14.7 Å². The Labute approximate surface area is 141 Å². The summed E-state index contributed by atoms with van der Waals surface area (Å²) in [5.41, 5.74) is 4.52. The predicted octanol–water partition coefficient (Wildman–Crippen LogP) is 2.53. The van der Waals surface area contributed by atoms with Crippen molar-refractivity contribution >= 4 is 11.9 Å². The number of amides is 1. The van der Waals surface area contributed by atoms with Crippen molar-refractivity contribution in [2.45, 2.75) is 38.1 Å². The Morgan fingerprint density at radius 1 is 1.00 bits per heavy atom. The van der Waals surface area contributed by atoms with Crippen molar-refractivity contribution in [1.82, 2.24) is 5.32 Å². The molecule has 0 aliphatic heterocycles. The number of aliphatic carboxylic acids is 1. The molecule has 0 radical (unpaired) electrons. The number of hydrogen-bond acceptors (Lipinski definition) is 2. The monoisotopic (exact) mass is 323 g/mol. The first-order valence-corrected chi connectivity index (χ1v) is 8.28. The number of carbonyl (C=O) groups is 2. The van der Waals surface area contributed by atoms with E-state index in [1.807, 2.05) is 36.4 Å². The molecule has 124 valence electrons. The molecule has 0 fully saturated rings. The molecule has 0 aromatic heterocycles. The fraction of sp³-hybridized carbons (Fsp3) is 0.300. The van der Waals surface area contributed by atoms with Gasteiger partial charge in [0.1, 0.15) is 6.04 Å². The normalized spacial score (nSPS) is 14.0. The lowest BCUT2D eigenvalue weighted by Crippen LogP contribution is -2.43. The molecule has 0 saturated carbocycles. The molecule has 4 heteroatoms. The van der Waals surface area contributed by atoms with Gasteiger partial charge >= 0.3 is 5.97 Å². The lowest BCUT2D eigenvalue weighted by molar-refractivity contribution is -0.141. The Morgan fingerprint density at radius 2 is 1.75 bits per heavy atom. The van der Waals surface area contributed by atoms with Crippen LogP contribution < -0.4 is 5.32 Å². The van der Waals surface area contributed by atoms with Gasteiger partial charge in [-0.25, -0.2) is 4.79 Å². The number of fused-ring (bicyclic) bond motifs is 1. The molecule has 1 aliphatic rings. The van der Waals surface area contributed by atoms with E-state index < -0.39 is 12.0 Å². The zero-order chi connectivity index (χ0) is 16.9. The van der Waals surface area contributed by atoms with Crippen molar-refractivity contribution in [2.75, 3.05) is 0 Å². The van der Waals surface area contributed by atoms with Crippen LogP contribution in [0.5, 0.6) is 0 Å². The van der Waals surface area contributed by atoms with E-state index in [1.165, 1.54) is 17.5 Å². The van der Waals surface area contributed by atoms with Crippen molar-refractivity contribution in [1.29, 1.82) is 0 Å². The third kappa shape index (κ3) is 4.02. The third-order valence-corrected chi connectivity index (χ3v) is 4.44. The summed E-state index contributed by atoms with van der Waals surface area (Å²) in [7, 11) is 0. The predicted molar refractivity (Wildman–Crippen MR) is 91.9 cm³/mol. The average Bonchev–Trinajstić information content (AvgIpc) is 3.02. The van der Waals surface area contributed by atoms with E-state index in [1.54, 1.807) is 0 Å². The van der Waals surface area contributed by atoms with Gasteiger partial charge in [-0.3, -0.25) is 4.79 Å². The second kappa shape index (κ2) is 7.30. The van der Waals surface area contributed by atoms with Crippen LogP contribution in [0.4, 0.5) is 0 Å². The summed E-state index contributed by atoms with van der Waals surface area (Å²) >= 11 is 0. The van der Waals surface area contributed by atoms with Gasteiger partial charge in [-0.1, -0.05) is 48.5 Å². The zero-order valence-corrected chi connectivity index (χ0v) is 13.5. The standard InChI is InChI=1S/C20H21NO3/c22-19(13-15-9-10-16-7-4-8-17(16)11-15)21-18(20(23)24)12-14-5-2-1-3-6-14/h1-3,5-6,9-11,18H,4,7-8,12-13H2,(H,21,22)(H,23,24)/t18-/m0/s1. The van der Waals surface area contributed by atoms with Crippen LogP contribution in [0.2, 0.25) is 0 Å². The molecule has 0 spiro atoms. The number of carboxylic acids is 1. The highest BCUT2D eigenvalue weighted by Crippen LogP contribution is 2.23. The number of aryl methyl sites for hydroxylation is 2. The van der Waals surface area contributed by atoms with Crippen LogP contribution >= 0.6 is 0 Å². The summed E-state index contributed by atoms with van der Waals surface area (Å²) in [6.07, 6.45) is 3.84. The highest BCUT2D eigenvalue weighted by Gasteiger charge is 2.21. The highest BCUT2D eigenvalue weighted by molar-refractivity contribution is 5.85. The van der Waals surface area contributed by atoms with Gasteiger partial charge in [-0.2, -0.15) is 0 Å². The first-order valence-electron chi connectivity index (χ1n) is 8.28. The molecular formula is C20H21NO3. The molecule has 4 nitrogen and oxygen atoms in total. The molecule has 1 aliphatic carbocycles. The summed E-state index contributed by atoms with van der Waals surface area (Å²) < 4.78 is 0. The van der Waals surface area contributed by atoms with Gasteiger partial charge < -0.3 is 10.4 Å². The first-order chi connectivity index (χ1) is 11.6. The summed E-state index contributed by atoms with van der Waals surface area (Å²) in [6.45, 7) is 0. The second-order valence-electron chi connectivity index (χ2n) is 6.28. The van der Waals surface area contributed by atoms with Gasteiger partial charge in [0.05, 0.1) is 6.42 Å². The molecule has 0 heterocycles. The van der Waals surface area contributed by atoms with Crippen LogP contribution in [0.1, 0.15) is 28.7 Å². The first kappa shape index (κ1) is 16.2. The number of nitrogens with one attached hydrogen (secondary N) is 1. The van der Waals surface area contributed by atoms with E-state index in [-0.39, 0.29) is 18.7 Å². The minimum Gasteiger partial charge on any atom is -0.480 e. The molecule has 1 amide bonds.